The second-order valence-electron chi connectivity index (χ2n) is 5.59. The molecule has 0 aliphatic carbocycles. The quantitative estimate of drug-likeness (QED) is 0.691. The Morgan fingerprint density at radius 3 is 2.62 bits per heavy atom. The highest BCUT2D eigenvalue weighted by molar-refractivity contribution is 7.22. The van der Waals surface area contributed by atoms with Crippen LogP contribution in [0.4, 0.5) is 5.13 Å². The lowest BCUT2D eigenvalue weighted by atomic mass is 10.2. The maximum atomic E-state index is 12.6. The van der Waals surface area contributed by atoms with E-state index in [0.29, 0.717) is 22.3 Å². The third kappa shape index (κ3) is 4.03. The van der Waals surface area contributed by atoms with Gasteiger partial charge in [0.2, 0.25) is 5.91 Å². The first-order valence-corrected chi connectivity index (χ1v) is 9.48. The zero-order valence-electron chi connectivity index (χ0n) is 14.2. The molecule has 5 nitrogen and oxygen atoms in total. The summed E-state index contributed by atoms with van der Waals surface area (Å²) < 4.78 is 1.04. The van der Waals surface area contributed by atoms with Gasteiger partial charge in [-0.3, -0.25) is 14.5 Å². The van der Waals surface area contributed by atoms with Crippen LogP contribution in [-0.2, 0) is 4.79 Å². The SMILES string of the molecule is CCN(C(=O)CCNC(=O)c1ccccc1Cl)c1nc2ccccc2s1. The molecule has 7 heteroatoms. The number of anilines is 1. The summed E-state index contributed by atoms with van der Waals surface area (Å²) in [4.78, 5) is 30.9. The summed E-state index contributed by atoms with van der Waals surface area (Å²) in [6, 6.07) is 14.6. The van der Waals surface area contributed by atoms with Gasteiger partial charge in [-0.25, -0.2) is 4.98 Å². The van der Waals surface area contributed by atoms with Crippen molar-refractivity contribution in [3.05, 3.63) is 59.1 Å². The van der Waals surface area contributed by atoms with Gasteiger partial charge in [0, 0.05) is 19.5 Å². The Labute approximate surface area is 160 Å². The van der Waals surface area contributed by atoms with Crippen molar-refractivity contribution in [2.75, 3.05) is 18.0 Å². The van der Waals surface area contributed by atoms with Gasteiger partial charge in [0.05, 0.1) is 20.8 Å². The summed E-state index contributed by atoms with van der Waals surface area (Å²) in [5, 5.41) is 3.81. The van der Waals surface area contributed by atoms with Gasteiger partial charge in [-0.15, -0.1) is 0 Å². The van der Waals surface area contributed by atoms with Gasteiger partial charge < -0.3 is 5.32 Å². The molecule has 0 saturated heterocycles. The topological polar surface area (TPSA) is 62.3 Å². The number of nitrogens with one attached hydrogen (secondary N) is 1. The third-order valence-corrected chi connectivity index (χ3v) is 5.26. The predicted octanol–water partition coefficient (Wildman–Crippen LogP) is 4.12. The predicted molar refractivity (Wildman–Crippen MR) is 106 cm³/mol. The number of para-hydroxylation sites is 1. The van der Waals surface area contributed by atoms with Crippen LogP contribution in [0.25, 0.3) is 10.2 Å². The van der Waals surface area contributed by atoms with Gasteiger partial charge in [0.25, 0.3) is 5.91 Å². The van der Waals surface area contributed by atoms with Crippen molar-refractivity contribution in [3.8, 4) is 0 Å². The lowest BCUT2D eigenvalue weighted by Gasteiger charge is -2.17. The van der Waals surface area contributed by atoms with E-state index in [9.17, 15) is 9.59 Å². The Bertz CT molecular complexity index is 908. The monoisotopic (exact) mass is 387 g/mol. The summed E-state index contributed by atoms with van der Waals surface area (Å²) in [5.41, 5.74) is 1.28. The Balaban J connectivity index is 1.61. The van der Waals surface area contributed by atoms with E-state index < -0.39 is 0 Å². The van der Waals surface area contributed by atoms with Crippen molar-refractivity contribution in [1.82, 2.24) is 10.3 Å². The van der Waals surface area contributed by atoms with Gasteiger partial charge >= 0.3 is 0 Å². The van der Waals surface area contributed by atoms with Crippen molar-refractivity contribution in [2.24, 2.45) is 0 Å². The van der Waals surface area contributed by atoms with E-state index >= 15 is 0 Å². The standard InChI is InChI=1S/C19H18ClN3O2S/c1-2-23(19-22-15-9-5-6-10-16(15)26-19)17(24)11-12-21-18(25)13-7-3-4-8-14(13)20/h3-10H,2,11-12H2,1H3,(H,21,25). The molecular weight excluding hydrogens is 370 g/mol. The fraction of sp³-hybridized carbons (Fsp3) is 0.211. The first-order chi connectivity index (χ1) is 12.6. The zero-order valence-corrected chi connectivity index (χ0v) is 15.8. The number of nitrogens with zero attached hydrogens (tertiary/aromatic N) is 2. The van der Waals surface area contributed by atoms with Gasteiger partial charge in [0.15, 0.2) is 5.13 Å². The lowest BCUT2D eigenvalue weighted by molar-refractivity contribution is -0.118. The number of thiazole rings is 1. The highest BCUT2D eigenvalue weighted by Gasteiger charge is 2.18. The summed E-state index contributed by atoms with van der Waals surface area (Å²) in [6.45, 7) is 2.67. The Hall–Kier alpha value is -2.44. The van der Waals surface area contributed by atoms with Crippen LogP contribution in [0.1, 0.15) is 23.7 Å². The maximum Gasteiger partial charge on any atom is 0.252 e. The minimum atomic E-state index is -0.286. The molecule has 0 spiro atoms. The number of rotatable bonds is 6. The molecule has 3 aromatic rings. The van der Waals surface area contributed by atoms with Crippen LogP contribution in [-0.4, -0.2) is 29.9 Å². The lowest BCUT2D eigenvalue weighted by Crippen LogP contribution is -2.34. The van der Waals surface area contributed by atoms with Crippen molar-refractivity contribution >= 4 is 50.1 Å². The molecule has 3 rings (SSSR count). The van der Waals surface area contributed by atoms with Crippen molar-refractivity contribution in [1.29, 1.82) is 0 Å². The van der Waals surface area contributed by atoms with Gasteiger partial charge in [-0.05, 0) is 31.2 Å². The molecule has 0 radical (unpaired) electrons. The van der Waals surface area contributed by atoms with Crippen LogP contribution in [0.15, 0.2) is 48.5 Å². The highest BCUT2D eigenvalue weighted by Crippen LogP contribution is 2.28. The average Bonchev–Trinajstić information content (AvgIpc) is 3.06. The minimum absolute atomic E-state index is 0.0778. The van der Waals surface area contributed by atoms with E-state index in [1.165, 1.54) is 11.3 Å². The fourth-order valence-corrected chi connectivity index (χ4v) is 3.82. The molecule has 0 unspecified atom stereocenters. The third-order valence-electron chi connectivity index (χ3n) is 3.87. The summed E-state index contributed by atoms with van der Waals surface area (Å²) in [7, 11) is 0. The number of hydrogen-bond donors (Lipinski definition) is 1. The summed E-state index contributed by atoms with van der Waals surface area (Å²) in [5.74, 6) is -0.363. The van der Waals surface area contributed by atoms with Gasteiger partial charge in [0.1, 0.15) is 0 Å². The summed E-state index contributed by atoms with van der Waals surface area (Å²) >= 11 is 7.50. The second kappa shape index (κ2) is 8.29. The van der Waals surface area contributed by atoms with E-state index in [4.69, 9.17) is 11.6 Å². The van der Waals surface area contributed by atoms with Crippen molar-refractivity contribution in [2.45, 2.75) is 13.3 Å². The molecule has 0 aliphatic heterocycles. The van der Waals surface area contributed by atoms with E-state index in [1.54, 1.807) is 29.2 Å². The first kappa shape index (κ1) is 18.4. The molecule has 134 valence electrons. The smallest absolute Gasteiger partial charge is 0.252 e. The number of fused-ring (bicyclic) bond motifs is 1. The minimum Gasteiger partial charge on any atom is -0.351 e. The molecule has 0 aliphatic rings. The van der Waals surface area contributed by atoms with Gasteiger partial charge in [-0.2, -0.15) is 0 Å². The average molecular weight is 388 g/mol. The Morgan fingerprint density at radius 2 is 1.88 bits per heavy atom. The van der Waals surface area contributed by atoms with E-state index in [-0.39, 0.29) is 24.8 Å². The van der Waals surface area contributed by atoms with Crippen LogP contribution in [0, 0.1) is 0 Å². The molecular formula is C19H18ClN3O2S. The number of carbonyl (C=O) groups is 2. The van der Waals surface area contributed by atoms with Crippen molar-refractivity contribution in [3.63, 3.8) is 0 Å². The molecule has 26 heavy (non-hydrogen) atoms. The Kier molecular flexibility index (Phi) is 5.85. The summed E-state index contributed by atoms with van der Waals surface area (Å²) in [6.07, 6.45) is 0.194. The Morgan fingerprint density at radius 1 is 1.15 bits per heavy atom. The fourth-order valence-electron chi connectivity index (χ4n) is 2.55. The maximum absolute atomic E-state index is 12.6. The van der Waals surface area contributed by atoms with Crippen LogP contribution < -0.4 is 10.2 Å². The van der Waals surface area contributed by atoms with Crippen LogP contribution in [0.2, 0.25) is 5.02 Å². The van der Waals surface area contributed by atoms with E-state index in [1.807, 2.05) is 31.2 Å². The number of benzene rings is 2. The zero-order chi connectivity index (χ0) is 18.5. The number of halogens is 1. The molecule has 1 N–H and O–H groups in total. The number of amides is 2. The van der Waals surface area contributed by atoms with Crippen LogP contribution >= 0.6 is 22.9 Å². The molecule has 1 aromatic heterocycles. The molecule has 0 saturated carbocycles. The molecule has 2 aromatic carbocycles. The normalized spacial score (nSPS) is 10.7. The van der Waals surface area contributed by atoms with Crippen molar-refractivity contribution < 1.29 is 9.59 Å². The highest BCUT2D eigenvalue weighted by atomic mass is 35.5. The van der Waals surface area contributed by atoms with E-state index in [2.05, 4.69) is 10.3 Å². The van der Waals surface area contributed by atoms with E-state index in [0.717, 1.165) is 10.2 Å². The number of carbonyl (C=O) groups excluding carboxylic acids is 2. The molecule has 0 bridgehead atoms. The molecule has 0 fully saturated rings. The van der Waals surface area contributed by atoms with Crippen LogP contribution in [0.3, 0.4) is 0 Å². The molecule has 0 atom stereocenters. The number of hydrogen-bond acceptors (Lipinski definition) is 4. The first-order valence-electron chi connectivity index (χ1n) is 8.29. The second-order valence-corrected chi connectivity index (χ2v) is 7.00. The largest absolute Gasteiger partial charge is 0.351 e. The van der Waals surface area contributed by atoms with Gasteiger partial charge in [-0.1, -0.05) is 47.2 Å². The molecule has 1 heterocycles. The van der Waals surface area contributed by atoms with Crippen LogP contribution in [0.5, 0.6) is 0 Å². The molecule has 2 amide bonds. The number of aromatic nitrogens is 1.